The quantitative estimate of drug-likeness (QED) is 0.701. The lowest BCUT2D eigenvalue weighted by molar-refractivity contribution is -0.128. The summed E-state index contributed by atoms with van der Waals surface area (Å²) in [6.45, 7) is 5.64. The van der Waals surface area contributed by atoms with Crippen LogP contribution in [0.3, 0.4) is 0 Å². The van der Waals surface area contributed by atoms with Crippen molar-refractivity contribution in [2.45, 2.75) is 26.7 Å². The first kappa shape index (κ1) is 16.9. The lowest BCUT2D eigenvalue weighted by atomic mass is 10.4. The molecule has 0 saturated carbocycles. The molecule has 2 N–H and O–H groups in total. The van der Waals surface area contributed by atoms with Gasteiger partial charge < -0.3 is 20.3 Å². The summed E-state index contributed by atoms with van der Waals surface area (Å²) in [4.78, 5) is 25.6. The number of rotatable bonds is 9. The highest BCUT2D eigenvalue weighted by Crippen LogP contribution is 2.11. The van der Waals surface area contributed by atoms with Crippen LogP contribution in [0.4, 0.5) is 11.9 Å². The van der Waals surface area contributed by atoms with E-state index in [1.54, 1.807) is 19.0 Å². The standard InChI is InChI=1S/C13H24N6O2/c1-5-8-14-11-16-12(18-13(17-11)21-6-2)15-9-7-10(20)19(3)4/h5-9H2,1-4H3,(H2,14,15,16,17,18). The van der Waals surface area contributed by atoms with E-state index in [1.807, 2.05) is 6.92 Å². The van der Waals surface area contributed by atoms with Crippen LogP contribution in [0.1, 0.15) is 26.7 Å². The Morgan fingerprint density at radius 1 is 1.10 bits per heavy atom. The van der Waals surface area contributed by atoms with Crippen molar-refractivity contribution in [3.05, 3.63) is 0 Å². The Morgan fingerprint density at radius 2 is 1.71 bits per heavy atom. The molecule has 8 heteroatoms. The van der Waals surface area contributed by atoms with Gasteiger partial charge in [0.05, 0.1) is 6.61 Å². The zero-order valence-electron chi connectivity index (χ0n) is 13.1. The van der Waals surface area contributed by atoms with Gasteiger partial charge in [-0.2, -0.15) is 15.0 Å². The molecule has 21 heavy (non-hydrogen) atoms. The third kappa shape index (κ3) is 6.24. The van der Waals surface area contributed by atoms with Crippen LogP contribution in [0.2, 0.25) is 0 Å². The highest BCUT2D eigenvalue weighted by atomic mass is 16.5. The van der Waals surface area contributed by atoms with Gasteiger partial charge in [-0.05, 0) is 13.3 Å². The smallest absolute Gasteiger partial charge is 0.323 e. The first-order valence-electron chi connectivity index (χ1n) is 7.13. The zero-order valence-corrected chi connectivity index (χ0v) is 13.1. The number of aromatic nitrogens is 3. The van der Waals surface area contributed by atoms with Crippen LogP contribution in [0.15, 0.2) is 0 Å². The first-order chi connectivity index (χ1) is 10.1. The minimum Gasteiger partial charge on any atom is -0.464 e. The van der Waals surface area contributed by atoms with Gasteiger partial charge in [-0.1, -0.05) is 6.92 Å². The van der Waals surface area contributed by atoms with E-state index in [2.05, 4.69) is 32.5 Å². The lowest BCUT2D eigenvalue weighted by Gasteiger charge is -2.11. The molecule has 1 heterocycles. The molecule has 0 bridgehead atoms. The van der Waals surface area contributed by atoms with Gasteiger partial charge in [-0.15, -0.1) is 0 Å². The monoisotopic (exact) mass is 296 g/mol. The van der Waals surface area contributed by atoms with Gasteiger partial charge >= 0.3 is 6.01 Å². The molecular formula is C13H24N6O2. The van der Waals surface area contributed by atoms with E-state index in [4.69, 9.17) is 4.74 Å². The number of carbonyl (C=O) groups is 1. The molecule has 1 amide bonds. The summed E-state index contributed by atoms with van der Waals surface area (Å²) in [7, 11) is 3.45. The van der Waals surface area contributed by atoms with E-state index >= 15 is 0 Å². The zero-order chi connectivity index (χ0) is 15.7. The second-order valence-electron chi connectivity index (χ2n) is 4.59. The third-order valence-electron chi connectivity index (χ3n) is 2.54. The molecule has 0 fully saturated rings. The number of carbonyl (C=O) groups excluding carboxylic acids is 1. The molecule has 1 aromatic rings. The van der Waals surface area contributed by atoms with Gasteiger partial charge in [0.2, 0.25) is 17.8 Å². The van der Waals surface area contributed by atoms with E-state index in [1.165, 1.54) is 0 Å². The van der Waals surface area contributed by atoms with Crippen molar-refractivity contribution >= 4 is 17.8 Å². The summed E-state index contributed by atoms with van der Waals surface area (Å²) in [5.41, 5.74) is 0. The maximum Gasteiger partial charge on any atom is 0.323 e. The average molecular weight is 296 g/mol. The Bertz CT molecular complexity index is 452. The fourth-order valence-electron chi connectivity index (χ4n) is 1.45. The van der Waals surface area contributed by atoms with Crippen molar-refractivity contribution in [3.63, 3.8) is 0 Å². The number of ether oxygens (including phenoxy) is 1. The van der Waals surface area contributed by atoms with Crippen molar-refractivity contribution in [1.29, 1.82) is 0 Å². The number of nitrogens with one attached hydrogen (secondary N) is 2. The van der Waals surface area contributed by atoms with Gasteiger partial charge in [0.15, 0.2) is 0 Å². The predicted molar refractivity (Wildman–Crippen MR) is 81.6 cm³/mol. The van der Waals surface area contributed by atoms with Crippen molar-refractivity contribution in [2.75, 3.05) is 44.4 Å². The maximum atomic E-state index is 11.5. The van der Waals surface area contributed by atoms with Crippen molar-refractivity contribution < 1.29 is 9.53 Å². The summed E-state index contributed by atoms with van der Waals surface area (Å²) in [5.74, 6) is 0.918. The second-order valence-corrected chi connectivity index (χ2v) is 4.59. The number of anilines is 2. The van der Waals surface area contributed by atoms with Gasteiger partial charge in [-0.25, -0.2) is 0 Å². The summed E-state index contributed by atoms with van der Waals surface area (Å²) < 4.78 is 5.32. The molecule has 0 atom stereocenters. The lowest BCUT2D eigenvalue weighted by Crippen LogP contribution is -2.24. The average Bonchev–Trinajstić information content (AvgIpc) is 2.45. The molecule has 0 saturated heterocycles. The van der Waals surface area contributed by atoms with E-state index in [-0.39, 0.29) is 11.9 Å². The minimum atomic E-state index is 0.0471. The molecule has 0 aliphatic heterocycles. The van der Waals surface area contributed by atoms with Crippen molar-refractivity contribution in [2.24, 2.45) is 0 Å². The van der Waals surface area contributed by atoms with Gasteiger partial charge in [0.25, 0.3) is 0 Å². The van der Waals surface area contributed by atoms with Gasteiger partial charge in [0, 0.05) is 33.6 Å². The van der Waals surface area contributed by atoms with Gasteiger partial charge in [-0.3, -0.25) is 4.79 Å². The summed E-state index contributed by atoms with van der Waals surface area (Å²) in [5, 5.41) is 6.11. The van der Waals surface area contributed by atoms with Crippen LogP contribution >= 0.6 is 0 Å². The second kappa shape index (κ2) is 8.93. The third-order valence-corrected chi connectivity index (χ3v) is 2.54. The largest absolute Gasteiger partial charge is 0.464 e. The highest BCUT2D eigenvalue weighted by molar-refractivity contribution is 5.75. The fraction of sp³-hybridized carbons (Fsp3) is 0.692. The van der Waals surface area contributed by atoms with Crippen molar-refractivity contribution in [3.8, 4) is 6.01 Å². The molecular weight excluding hydrogens is 272 g/mol. The first-order valence-corrected chi connectivity index (χ1v) is 7.13. The Balaban J connectivity index is 2.66. The van der Waals surface area contributed by atoms with Crippen LogP contribution in [-0.4, -0.2) is 59.6 Å². The minimum absolute atomic E-state index is 0.0471. The number of nitrogens with zero attached hydrogens (tertiary/aromatic N) is 4. The van der Waals surface area contributed by atoms with Crippen LogP contribution in [0, 0.1) is 0 Å². The molecule has 0 aliphatic carbocycles. The molecule has 1 aromatic heterocycles. The molecule has 0 aliphatic rings. The predicted octanol–water partition coefficient (Wildman–Crippen LogP) is 0.982. The SMILES string of the molecule is CCCNc1nc(NCCC(=O)N(C)C)nc(OCC)n1. The Morgan fingerprint density at radius 3 is 2.24 bits per heavy atom. The van der Waals surface area contributed by atoms with E-state index in [9.17, 15) is 4.79 Å². The van der Waals surface area contributed by atoms with Crippen LogP contribution in [0.5, 0.6) is 6.01 Å². The molecule has 118 valence electrons. The van der Waals surface area contributed by atoms with Crippen molar-refractivity contribution in [1.82, 2.24) is 19.9 Å². The fourth-order valence-corrected chi connectivity index (χ4v) is 1.45. The van der Waals surface area contributed by atoms with Crippen LogP contribution in [0.25, 0.3) is 0 Å². The van der Waals surface area contributed by atoms with E-state index in [0.717, 1.165) is 13.0 Å². The number of amides is 1. The Kier molecular flexibility index (Phi) is 7.20. The van der Waals surface area contributed by atoms with Gasteiger partial charge in [0.1, 0.15) is 0 Å². The van der Waals surface area contributed by atoms with Crippen LogP contribution < -0.4 is 15.4 Å². The van der Waals surface area contributed by atoms with E-state index < -0.39 is 0 Å². The normalized spacial score (nSPS) is 10.1. The molecule has 0 unspecified atom stereocenters. The molecule has 0 aromatic carbocycles. The topological polar surface area (TPSA) is 92.3 Å². The number of hydrogen-bond donors (Lipinski definition) is 2. The maximum absolute atomic E-state index is 11.5. The molecule has 1 rings (SSSR count). The van der Waals surface area contributed by atoms with E-state index in [0.29, 0.717) is 31.5 Å². The Hall–Kier alpha value is -2.12. The summed E-state index contributed by atoms with van der Waals surface area (Å²) >= 11 is 0. The summed E-state index contributed by atoms with van der Waals surface area (Å²) in [6, 6.07) is 0.271. The van der Waals surface area contributed by atoms with Crippen LogP contribution in [-0.2, 0) is 4.79 Å². The number of hydrogen-bond acceptors (Lipinski definition) is 7. The highest BCUT2D eigenvalue weighted by Gasteiger charge is 2.08. The molecule has 0 radical (unpaired) electrons. The Labute approximate surface area is 125 Å². The molecule has 8 nitrogen and oxygen atoms in total. The summed E-state index contributed by atoms with van der Waals surface area (Å²) in [6.07, 6.45) is 1.34. The molecule has 0 spiro atoms.